The molecular weight excluding hydrogens is 306 g/mol. The summed E-state index contributed by atoms with van der Waals surface area (Å²) >= 11 is 0. The van der Waals surface area contributed by atoms with E-state index in [-0.39, 0.29) is 12.5 Å². The molecule has 0 bridgehead atoms. The van der Waals surface area contributed by atoms with Crippen molar-refractivity contribution in [3.05, 3.63) is 24.3 Å². The second kappa shape index (κ2) is 6.86. The van der Waals surface area contributed by atoms with Crippen molar-refractivity contribution in [2.45, 2.75) is 31.4 Å². The summed E-state index contributed by atoms with van der Waals surface area (Å²) in [7, 11) is 3.92. The number of likely N-dealkylation sites (N-methyl/N-ethyl adjacent to an activating group) is 1. The maximum atomic E-state index is 12.6. The normalized spacial score (nSPS) is 22.1. The number of nitrogens with zero attached hydrogens (tertiary/aromatic N) is 5. The largest absolute Gasteiger partial charge is 0.388 e. The van der Waals surface area contributed by atoms with Crippen LogP contribution in [0.25, 0.3) is 11.0 Å². The molecule has 1 aromatic heterocycles. The van der Waals surface area contributed by atoms with E-state index >= 15 is 0 Å². The number of hydrogen-bond acceptors (Lipinski definition) is 5. The zero-order valence-electron chi connectivity index (χ0n) is 14.4. The van der Waals surface area contributed by atoms with E-state index in [0.717, 1.165) is 23.9 Å². The number of hydrogen-bond donors (Lipinski definition) is 1. The highest BCUT2D eigenvalue weighted by atomic mass is 16.3. The van der Waals surface area contributed by atoms with Gasteiger partial charge in [-0.05, 0) is 45.5 Å². The lowest BCUT2D eigenvalue weighted by Crippen LogP contribution is -2.41. The van der Waals surface area contributed by atoms with Gasteiger partial charge in [-0.1, -0.05) is 12.1 Å². The van der Waals surface area contributed by atoms with Crippen LogP contribution in [0.15, 0.2) is 24.3 Å². The van der Waals surface area contributed by atoms with Crippen LogP contribution in [0.2, 0.25) is 0 Å². The first kappa shape index (κ1) is 16.9. The van der Waals surface area contributed by atoms with E-state index in [4.69, 9.17) is 0 Å². The summed E-state index contributed by atoms with van der Waals surface area (Å²) in [5.41, 5.74) is 0.875. The van der Waals surface area contributed by atoms with Crippen molar-refractivity contribution in [2.75, 3.05) is 33.7 Å². The van der Waals surface area contributed by atoms with Gasteiger partial charge in [0.25, 0.3) is 0 Å². The predicted octanol–water partition coefficient (Wildman–Crippen LogP) is 0.736. The van der Waals surface area contributed by atoms with Crippen LogP contribution in [0.3, 0.4) is 0 Å². The molecule has 0 unspecified atom stereocenters. The molecule has 7 heteroatoms. The molecular formula is C17H25N5O2. The molecule has 1 fully saturated rings. The van der Waals surface area contributed by atoms with E-state index in [1.807, 2.05) is 48.2 Å². The molecule has 24 heavy (non-hydrogen) atoms. The molecule has 1 aliphatic rings. The van der Waals surface area contributed by atoms with Gasteiger partial charge in [0.15, 0.2) is 0 Å². The Hall–Kier alpha value is -1.99. The maximum Gasteiger partial charge on any atom is 0.246 e. The van der Waals surface area contributed by atoms with Crippen LogP contribution in [0, 0.1) is 0 Å². The summed E-state index contributed by atoms with van der Waals surface area (Å²) in [5, 5.41) is 19.4. The Morgan fingerprint density at radius 3 is 2.50 bits per heavy atom. The van der Waals surface area contributed by atoms with Crippen LogP contribution in [0.4, 0.5) is 0 Å². The Morgan fingerprint density at radius 1 is 1.21 bits per heavy atom. The third-order valence-corrected chi connectivity index (χ3v) is 4.49. The number of amides is 1. The SMILES string of the molecule is CN(C)C[C@]1(O)CCCN(C(=O)Cn2nc3ccccc3n2)CC1. The number of likely N-dealkylation sites (tertiary alicyclic amines) is 1. The van der Waals surface area contributed by atoms with Crippen LogP contribution < -0.4 is 0 Å². The van der Waals surface area contributed by atoms with E-state index in [1.54, 1.807) is 0 Å². The molecule has 1 aromatic carbocycles. The van der Waals surface area contributed by atoms with Gasteiger partial charge in [-0.3, -0.25) is 4.79 Å². The molecule has 0 aliphatic carbocycles. The Bertz CT molecular complexity index is 681. The zero-order valence-corrected chi connectivity index (χ0v) is 14.4. The molecule has 1 N–H and O–H groups in total. The maximum absolute atomic E-state index is 12.6. The Balaban J connectivity index is 1.62. The van der Waals surface area contributed by atoms with Gasteiger partial charge in [0.2, 0.25) is 5.91 Å². The van der Waals surface area contributed by atoms with E-state index in [1.165, 1.54) is 4.80 Å². The van der Waals surface area contributed by atoms with Gasteiger partial charge in [-0.15, -0.1) is 0 Å². The summed E-state index contributed by atoms with van der Waals surface area (Å²) in [5.74, 6) is 0.00408. The minimum atomic E-state index is -0.711. The number of aromatic nitrogens is 3. The minimum absolute atomic E-state index is 0.00408. The lowest BCUT2D eigenvalue weighted by atomic mass is 9.94. The van der Waals surface area contributed by atoms with Crippen LogP contribution in [0.5, 0.6) is 0 Å². The van der Waals surface area contributed by atoms with Gasteiger partial charge >= 0.3 is 0 Å². The lowest BCUT2D eigenvalue weighted by molar-refractivity contribution is -0.132. The van der Waals surface area contributed by atoms with Crippen molar-refractivity contribution in [1.82, 2.24) is 24.8 Å². The van der Waals surface area contributed by atoms with Crippen molar-refractivity contribution in [1.29, 1.82) is 0 Å². The predicted molar refractivity (Wildman–Crippen MR) is 91.5 cm³/mol. The highest BCUT2D eigenvalue weighted by Crippen LogP contribution is 2.23. The first-order valence-corrected chi connectivity index (χ1v) is 8.40. The highest BCUT2D eigenvalue weighted by Gasteiger charge is 2.32. The van der Waals surface area contributed by atoms with E-state index < -0.39 is 5.60 Å². The summed E-state index contributed by atoms with van der Waals surface area (Å²) in [6.07, 6.45) is 2.13. The van der Waals surface area contributed by atoms with Crippen molar-refractivity contribution in [3.63, 3.8) is 0 Å². The number of rotatable bonds is 4. The van der Waals surface area contributed by atoms with Crippen LogP contribution >= 0.6 is 0 Å². The molecule has 0 spiro atoms. The summed E-state index contributed by atoms with van der Waals surface area (Å²) in [6.45, 7) is 2.02. The average Bonchev–Trinajstić information content (AvgIpc) is 2.81. The third kappa shape index (κ3) is 3.91. The molecule has 0 radical (unpaired) electrons. The van der Waals surface area contributed by atoms with Crippen molar-refractivity contribution in [3.8, 4) is 0 Å². The first-order valence-electron chi connectivity index (χ1n) is 8.40. The molecule has 2 aromatic rings. The zero-order chi connectivity index (χ0) is 17.2. The van der Waals surface area contributed by atoms with E-state index in [9.17, 15) is 9.90 Å². The fourth-order valence-electron chi connectivity index (χ4n) is 3.37. The standard InChI is InChI=1S/C17H25N5O2/c1-20(2)13-17(24)8-5-10-21(11-9-17)16(23)12-22-18-14-6-3-4-7-15(14)19-22/h3-4,6-7,24H,5,8-13H2,1-2H3/t17-/m0/s1. The number of aliphatic hydroxyl groups is 1. The smallest absolute Gasteiger partial charge is 0.246 e. The molecule has 7 nitrogen and oxygen atoms in total. The Labute approximate surface area is 141 Å². The Kier molecular flexibility index (Phi) is 4.82. The highest BCUT2D eigenvalue weighted by molar-refractivity contribution is 5.77. The van der Waals surface area contributed by atoms with Gasteiger partial charge in [-0.2, -0.15) is 15.0 Å². The quantitative estimate of drug-likeness (QED) is 0.894. The molecule has 0 saturated carbocycles. The number of carbonyl (C=O) groups excluding carboxylic acids is 1. The first-order chi connectivity index (χ1) is 11.5. The van der Waals surface area contributed by atoms with Gasteiger partial charge in [0.05, 0.1) is 5.60 Å². The monoisotopic (exact) mass is 331 g/mol. The molecule has 130 valence electrons. The fraction of sp³-hybridized carbons (Fsp3) is 0.588. The van der Waals surface area contributed by atoms with Crippen LogP contribution in [-0.4, -0.2) is 75.1 Å². The summed E-state index contributed by atoms with van der Waals surface area (Å²) in [6, 6.07) is 7.58. The van der Waals surface area contributed by atoms with Crippen LogP contribution in [-0.2, 0) is 11.3 Å². The average molecular weight is 331 g/mol. The van der Waals surface area contributed by atoms with E-state index in [2.05, 4.69) is 10.2 Å². The second-order valence-electron chi connectivity index (χ2n) is 6.92. The van der Waals surface area contributed by atoms with Gasteiger partial charge in [0, 0.05) is 19.6 Å². The van der Waals surface area contributed by atoms with Gasteiger partial charge < -0.3 is 14.9 Å². The number of fused-ring (bicyclic) bond motifs is 1. The van der Waals surface area contributed by atoms with Crippen molar-refractivity contribution in [2.24, 2.45) is 0 Å². The number of carbonyl (C=O) groups is 1. The lowest BCUT2D eigenvalue weighted by Gasteiger charge is -2.29. The summed E-state index contributed by atoms with van der Waals surface area (Å²) in [4.78, 5) is 17.8. The second-order valence-corrected chi connectivity index (χ2v) is 6.92. The topological polar surface area (TPSA) is 74.5 Å². The molecule has 2 heterocycles. The molecule has 3 rings (SSSR count). The van der Waals surface area contributed by atoms with Crippen molar-refractivity contribution < 1.29 is 9.90 Å². The van der Waals surface area contributed by atoms with Gasteiger partial charge in [-0.25, -0.2) is 0 Å². The molecule has 1 atom stereocenters. The van der Waals surface area contributed by atoms with E-state index in [0.29, 0.717) is 26.1 Å². The number of benzene rings is 1. The van der Waals surface area contributed by atoms with Gasteiger partial charge in [0.1, 0.15) is 17.6 Å². The van der Waals surface area contributed by atoms with Crippen LogP contribution in [0.1, 0.15) is 19.3 Å². The summed E-state index contributed by atoms with van der Waals surface area (Å²) < 4.78 is 0. The molecule has 1 aliphatic heterocycles. The molecule has 1 amide bonds. The third-order valence-electron chi connectivity index (χ3n) is 4.49. The molecule has 1 saturated heterocycles. The Morgan fingerprint density at radius 2 is 1.88 bits per heavy atom. The van der Waals surface area contributed by atoms with Crippen molar-refractivity contribution >= 4 is 16.9 Å². The fourth-order valence-corrected chi connectivity index (χ4v) is 3.37. The minimum Gasteiger partial charge on any atom is -0.388 e.